The second kappa shape index (κ2) is 9.59. The highest BCUT2D eigenvalue weighted by Crippen LogP contribution is 2.37. The fraction of sp³-hybridized carbons (Fsp3) is 0.500. The first kappa shape index (κ1) is 23.1. The summed E-state index contributed by atoms with van der Waals surface area (Å²) in [6.07, 6.45) is 5.78. The standard InChI is InChI=1S/C26H32N8O2/c1-32-12-14-33(15-13-32)24(25-29-30-31-34(25)17-8-4-3-5-9-17)23-22-19(16-21(28-23)26(35)36-2)18-10-6-7-11-20(18)27-22/h6-7,10-11,16-17,24,27H,3-5,8-9,12-15H2,1-2H3. The van der Waals surface area contributed by atoms with Crippen molar-refractivity contribution in [1.29, 1.82) is 0 Å². The second-order valence-electron chi connectivity index (χ2n) is 9.99. The molecule has 0 radical (unpaired) electrons. The summed E-state index contributed by atoms with van der Waals surface area (Å²) in [4.78, 5) is 26.0. The van der Waals surface area contributed by atoms with Gasteiger partial charge in [-0.1, -0.05) is 37.5 Å². The van der Waals surface area contributed by atoms with Crippen LogP contribution in [0.1, 0.15) is 66.2 Å². The van der Waals surface area contributed by atoms with Crippen molar-refractivity contribution in [1.82, 2.24) is 40.0 Å². The molecule has 10 nitrogen and oxygen atoms in total. The molecule has 4 aromatic rings. The van der Waals surface area contributed by atoms with Gasteiger partial charge in [-0.05, 0) is 42.4 Å². The van der Waals surface area contributed by atoms with Crippen molar-refractivity contribution in [2.45, 2.75) is 44.2 Å². The van der Waals surface area contributed by atoms with Crippen LogP contribution in [-0.4, -0.2) is 86.3 Å². The Morgan fingerprint density at radius 3 is 2.64 bits per heavy atom. The van der Waals surface area contributed by atoms with E-state index in [1.807, 2.05) is 28.9 Å². The van der Waals surface area contributed by atoms with Gasteiger partial charge in [0.15, 0.2) is 5.82 Å². The molecule has 36 heavy (non-hydrogen) atoms. The van der Waals surface area contributed by atoms with Gasteiger partial charge in [0.25, 0.3) is 0 Å². The number of fused-ring (bicyclic) bond motifs is 3. The molecule has 10 heteroatoms. The molecule has 1 N–H and O–H groups in total. The molecule has 0 bridgehead atoms. The molecule has 1 saturated carbocycles. The van der Waals surface area contributed by atoms with Gasteiger partial charge in [-0.3, -0.25) is 4.90 Å². The lowest BCUT2D eigenvalue weighted by atomic mass is 9.95. The molecule has 4 heterocycles. The number of methoxy groups -OCH3 is 1. The SMILES string of the molecule is COC(=O)c1cc2c([nH]c3ccccc32)c(C(c2nnnn2C2CCCCC2)N2CCN(C)CC2)n1. The molecule has 0 amide bonds. The predicted molar refractivity (Wildman–Crippen MR) is 136 cm³/mol. The second-order valence-corrected chi connectivity index (χ2v) is 9.99. The fourth-order valence-electron chi connectivity index (χ4n) is 5.78. The van der Waals surface area contributed by atoms with E-state index in [2.05, 4.69) is 43.4 Å². The maximum Gasteiger partial charge on any atom is 0.356 e. The third-order valence-electron chi connectivity index (χ3n) is 7.76. The van der Waals surface area contributed by atoms with Crippen molar-refractivity contribution in [3.63, 3.8) is 0 Å². The van der Waals surface area contributed by atoms with Crippen molar-refractivity contribution in [3.8, 4) is 0 Å². The lowest BCUT2D eigenvalue weighted by Crippen LogP contribution is -2.47. The Balaban J connectivity index is 1.58. The number of rotatable bonds is 5. The fourth-order valence-corrected chi connectivity index (χ4v) is 5.78. The van der Waals surface area contributed by atoms with Gasteiger partial charge in [0.2, 0.25) is 0 Å². The summed E-state index contributed by atoms with van der Waals surface area (Å²) < 4.78 is 7.13. The third-order valence-corrected chi connectivity index (χ3v) is 7.76. The van der Waals surface area contributed by atoms with E-state index in [1.54, 1.807) is 0 Å². The van der Waals surface area contributed by atoms with E-state index >= 15 is 0 Å². The molecule has 1 atom stereocenters. The molecule has 2 aliphatic rings. The zero-order valence-corrected chi connectivity index (χ0v) is 20.9. The van der Waals surface area contributed by atoms with E-state index in [1.165, 1.54) is 26.4 Å². The van der Waals surface area contributed by atoms with Crippen LogP contribution in [0.2, 0.25) is 0 Å². The summed E-state index contributed by atoms with van der Waals surface area (Å²) in [5, 5.41) is 15.2. The van der Waals surface area contributed by atoms with Crippen molar-refractivity contribution in [2.24, 2.45) is 0 Å². The number of pyridine rings is 1. The van der Waals surface area contributed by atoms with Crippen LogP contribution in [0.25, 0.3) is 21.8 Å². The average Bonchev–Trinajstić information content (AvgIpc) is 3.55. The number of benzene rings is 1. The number of hydrogen-bond acceptors (Lipinski definition) is 8. The number of carbonyl (C=O) groups excluding carboxylic acids is 1. The number of piperazine rings is 1. The quantitative estimate of drug-likeness (QED) is 0.427. The minimum atomic E-state index is -0.451. The lowest BCUT2D eigenvalue weighted by Gasteiger charge is -2.37. The van der Waals surface area contributed by atoms with E-state index in [9.17, 15) is 4.79 Å². The van der Waals surface area contributed by atoms with Crippen LogP contribution in [0.4, 0.5) is 0 Å². The number of aromatic nitrogens is 6. The molecule has 1 aliphatic heterocycles. The van der Waals surface area contributed by atoms with E-state index in [0.717, 1.165) is 72.3 Å². The summed E-state index contributed by atoms with van der Waals surface area (Å²) in [5.74, 6) is 0.341. The number of hydrogen-bond donors (Lipinski definition) is 1. The van der Waals surface area contributed by atoms with Gasteiger partial charge in [0.05, 0.1) is 24.4 Å². The lowest BCUT2D eigenvalue weighted by molar-refractivity contribution is 0.0593. The summed E-state index contributed by atoms with van der Waals surface area (Å²) >= 11 is 0. The maximum atomic E-state index is 12.7. The number of carbonyl (C=O) groups is 1. The molecule has 0 spiro atoms. The van der Waals surface area contributed by atoms with E-state index in [-0.39, 0.29) is 12.1 Å². The highest BCUT2D eigenvalue weighted by molar-refractivity contribution is 6.09. The number of aromatic amines is 1. The summed E-state index contributed by atoms with van der Waals surface area (Å²) in [6, 6.07) is 9.94. The molecule has 1 aromatic carbocycles. The number of esters is 1. The Labute approximate surface area is 209 Å². The minimum Gasteiger partial charge on any atom is -0.464 e. The number of ether oxygens (including phenoxy) is 1. The van der Waals surface area contributed by atoms with E-state index < -0.39 is 5.97 Å². The van der Waals surface area contributed by atoms with Gasteiger partial charge < -0.3 is 14.6 Å². The molecular weight excluding hydrogens is 456 g/mol. The Morgan fingerprint density at radius 2 is 1.86 bits per heavy atom. The van der Waals surface area contributed by atoms with Crippen LogP contribution in [0.5, 0.6) is 0 Å². The Hall–Kier alpha value is -3.37. The highest BCUT2D eigenvalue weighted by atomic mass is 16.5. The largest absolute Gasteiger partial charge is 0.464 e. The molecule has 1 unspecified atom stereocenters. The molecule has 188 valence electrons. The normalized spacial score (nSPS) is 19.2. The van der Waals surface area contributed by atoms with Gasteiger partial charge in [0.1, 0.15) is 11.7 Å². The van der Waals surface area contributed by atoms with Crippen LogP contribution in [0.3, 0.4) is 0 Å². The van der Waals surface area contributed by atoms with Crippen molar-refractivity contribution in [3.05, 3.63) is 47.5 Å². The third kappa shape index (κ3) is 4.04. The zero-order chi connectivity index (χ0) is 24.6. The monoisotopic (exact) mass is 488 g/mol. The predicted octanol–water partition coefficient (Wildman–Crippen LogP) is 3.33. The van der Waals surface area contributed by atoms with Crippen molar-refractivity contribution in [2.75, 3.05) is 40.3 Å². The number of likely N-dealkylation sites (N-methyl/N-ethyl adjacent to an activating group) is 1. The number of para-hydroxylation sites is 1. The first-order valence-corrected chi connectivity index (χ1v) is 12.8. The molecule has 3 aromatic heterocycles. The minimum absolute atomic E-state index is 0.278. The first-order valence-electron chi connectivity index (χ1n) is 12.8. The van der Waals surface area contributed by atoms with E-state index in [0.29, 0.717) is 5.69 Å². The van der Waals surface area contributed by atoms with Crippen LogP contribution >= 0.6 is 0 Å². The number of nitrogens with zero attached hydrogens (tertiary/aromatic N) is 7. The number of nitrogens with one attached hydrogen (secondary N) is 1. The molecule has 1 saturated heterocycles. The van der Waals surface area contributed by atoms with Crippen molar-refractivity contribution >= 4 is 27.8 Å². The number of tetrazole rings is 1. The van der Waals surface area contributed by atoms with Gasteiger partial charge in [0, 0.05) is 42.5 Å². The first-order chi connectivity index (χ1) is 17.6. The maximum absolute atomic E-state index is 12.7. The average molecular weight is 489 g/mol. The van der Waals surface area contributed by atoms with Gasteiger partial charge >= 0.3 is 5.97 Å². The van der Waals surface area contributed by atoms with Gasteiger partial charge in [-0.2, -0.15) is 0 Å². The molecular formula is C26H32N8O2. The van der Waals surface area contributed by atoms with Crippen molar-refractivity contribution < 1.29 is 9.53 Å². The topological polar surface area (TPSA) is 105 Å². The summed E-state index contributed by atoms with van der Waals surface area (Å²) in [7, 11) is 3.54. The summed E-state index contributed by atoms with van der Waals surface area (Å²) in [6.45, 7) is 3.58. The Morgan fingerprint density at radius 1 is 1.08 bits per heavy atom. The smallest absolute Gasteiger partial charge is 0.356 e. The van der Waals surface area contributed by atoms with Gasteiger partial charge in [-0.25, -0.2) is 14.5 Å². The Bertz CT molecular complexity index is 1380. The van der Waals surface area contributed by atoms with Crippen LogP contribution in [-0.2, 0) is 4.74 Å². The molecule has 1 aliphatic carbocycles. The van der Waals surface area contributed by atoms with Crippen LogP contribution in [0.15, 0.2) is 30.3 Å². The van der Waals surface area contributed by atoms with Crippen LogP contribution in [0, 0.1) is 0 Å². The van der Waals surface area contributed by atoms with Gasteiger partial charge in [-0.15, -0.1) is 5.10 Å². The van der Waals surface area contributed by atoms with Crippen LogP contribution < -0.4 is 0 Å². The summed E-state index contributed by atoms with van der Waals surface area (Å²) in [5.41, 5.74) is 2.97. The molecule has 2 fully saturated rings. The Kier molecular flexibility index (Phi) is 6.14. The number of H-pyrrole nitrogens is 1. The highest BCUT2D eigenvalue weighted by Gasteiger charge is 2.35. The molecule has 6 rings (SSSR count). The van der Waals surface area contributed by atoms with E-state index in [4.69, 9.17) is 9.72 Å². The zero-order valence-electron chi connectivity index (χ0n) is 20.9.